The van der Waals surface area contributed by atoms with Crippen LogP contribution in [0.15, 0.2) is 18.2 Å². The maximum atomic E-state index is 11.3. The minimum atomic E-state index is -2.27. The average Bonchev–Trinajstić information content (AvgIpc) is 2.75. The van der Waals surface area contributed by atoms with Gasteiger partial charge in [0.25, 0.3) is 0 Å². The molecule has 2 bridgehead atoms. The Morgan fingerprint density at radius 2 is 1.75 bits per heavy atom. The van der Waals surface area contributed by atoms with Gasteiger partial charge in [0.2, 0.25) is 0 Å². The number of likely N-dealkylation sites (tertiary alicyclic amines) is 1. The summed E-state index contributed by atoms with van der Waals surface area (Å²) in [5, 5.41) is 32.5. The molecule has 9 heteroatoms. The molecule has 2 aliphatic carbocycles. The number of benzene rings is 1. The topological polar surface area (TPSA) is 145 Å². The Labute approximate surface area is 186 Å². The molecule has 0 unspecified atom stereocenters. The number of aliphatic hydroxyl groups is 2. The molecular formula is C23H31NO8. The van der Waals surface area contributed by atoms with Crippen molar-refractivity contribution in [2.75, 3.05) is 13.6 Å². The molecule has 9 nitrogen and oxygen atoms in total. The SMILES string of the molecule is CC(=O)Oc1ccc2c(c1)[C@@]13CCCC[C@H]1[C@H](C2)N(C)CC3.O=C(O)[C@H](O)[C@@H](O)C(=O)O. The van der Waals surface area contributed by atoms with Crippen molar-refractivity contribution in [3.05, 3.63) is 29.3 Å². The van der Waals surface area contributed by atoms with Crippen LogP contribution in [0.1, 0.15) is 50.2 Å². The highest BCUT2D eigenvalue weighted by atomic mass is 16.5. The predicted octanol–water partition coefficient (Wildman–Crippen LogP) is 1.18. The van der Waals surface area contributed by atoms with Crippen molar-refractivity contribution in [1.82, 2.24) is 4.90 Å². The number of aliphatic hydroxyl groups excluding tert-OH is 2. The lowest BCUT2D eigenvalue weighted by atomic mass is 9.52. The summed E-state index contributed by atoms with van der Waals surface area (Å²) in [4.78, 5) is 33.4. The summed E-state index contributed by atoms with van der Waals surface area (Å²) >= 11 is 0. The third-order valence-corrected chi connectivity index (χ3v) is 7.15. The summed E-state index contributed by atoms with van der Waals surface area (Å²) < 4.78 is 5.37. The standard InChI is InChI=1S/C19H25NO2.C4H6O6/c1-13(21)22-15-7-6-14-11-18-16-5-3-4-8-19(16,17(14)12-15)9-10-20(18)2;5-1(3(7)8)2(6)4(9)10/h6-7,12,16,18H,3-5,8-11H2,1-2H3;1-2,5-6H,(H,7,8)(H,9,10)/t16-,18-,19+;1-,2-/m01/s1. The molecule has 1 heterocycles. The number of hydrogen-bond acceptors (Lipinski definition) is 7. The van der Waals surface area contributed by atoms with Gasteiger partial charge in [0.1, 0.15) is 5.75 Å². The molecule has 0 amide bonds. The van der Waals surface area contributed by atoms with E-state index in [-0.39, 0.29) is 5.97 Å². The molecule has 4 rings (SSSR count). The van der Waals surface area contributed by atoms with Crippen molar-refractivity contribution in [2.45, 2.75) is 69.1 Å². The summed E-state index contributed by atoms with van der Waals surface area (Å²) in [5.41, 5.74) is 3.30. The van der Waals surface area contributed by atoms with Gasteiger partial charge in [0.05, 0.1) is 0 Å². The number of likely N-dealkylation sites (N-methyl/N-ethyl adjacent to an activating group) is 1. The molecule has 1 aromatic carbocycles. The number of piperidine rings is 1. The third-order valence-electron chi connectivity index (χ3n) is 7.15. The summed E-state index contributed by atoms with van der Waals surface area (Å²) in [5.74, 6) is -2.26. The largest absolute Gasteiger partial charge is 0.479 e. The molecule has 0 radical (unpaired) electrons. The lowest BCUT2D eigenvalue weighted by Crippen LogP contribution is -2.59. The molecule has 176 valence electrons. The van der Waals surface area contributed by atoms with Crippen molar-refractivity contribution in [2.24, 2.45) is 5.92 Å². The predicted molar refractivity (Wildman–Crippen MR) is 113 cm³/mol. The Hall–Kier alpha value is -2.49. The smallest absolute Gasteiger partial charge is 0.335 e. The Morgan fingerprint density at radius 3 is 2.34 bits per heavy atom. The van der Waals surface area contributed by atoms with Crippen LogP contribution < -0.4 is 4.74 Å². The van der Waals surface area contributed by atoms with E-state index in [0.717, 1.165) is 18.1 Å². The molecule has 0 aromatic heterocycles. The Balaban J connectivity index is 0.000000247. The van der Waals surface area contributed by atoms with E-state index in [0.29, 0.717) is 11.5 Å². The molecule has 5 atom stereocenters. The van der Waals surface area contributed by atoms with E-state index in [2.05, 4.69) is 24.1 Å². The summed E-state index contributed by atoms with van der Waals surface area (Å²) in [6, 6.07) is 7.04. The summed E-state index contributed by atoms with van der Waals surface area (Å²) in [6.45, 7) is 2.67. The first-order valence-corrected chi connectivity index (χ1v) is 10.9. The minimum absolute atomic E-state index is 0.227. The average molecular weight is 450 g/mol. The van der Waals surface area contributed by atoms with Crippen LogP contribution >= 0.6 is 0 Å². The zero-order chi connectivity index (χ0) is 23.6. The number of carboxylic acid groups (broad SMARTS) is 2. The highest BCUT2D eigenvalue weighted by Crippen LogP contribution is 2.55. The van der Waals surface area contributed by atoms with Gasteiger partial charge in [0, 0.05) is 18.4 Å². The van der Waals surface area contributed by atoms with Crippen molar-refractivity contribution >= 4 is 17.9 Å². The van der Waals surface area contributed by atoms with Crippen molar-refractivity contribution in [3.63, 3.8) is 0 Å². The first kappa shape index (κ1) is 24.2. The van der Waals surface area contributed by atoms with E-state index in [1.54, 1.807) is 0 Å². The van der Waals surface area contributed by atoms with Gasteiger partial charge in [-0.05, 0) is 68.5 Å². The molecule has 32 heavy (non-hydrogen) atoms. The molecule has 1 aromatic rings. The van der Waals surface area contributed by atoms with Crippen molar-refractivity contribution in [3.8, 4) is 5.75 Å². The lowest BCUT2D eigenvalue weighted by molar-refractivity contribution is -0.165. The molecule has 1 aliphatic heterocycles. The van der Waals surface area contributed by atoms with Crippen LogP contribution in [0, 0.1) is 5.92 Å². The number of rotatable bonds is 4. The Kier molecular flexibility index (Phi) is 7.22. The highest BCUT2D eigenvalue weighted by Gasteiger charge is 2.53. The van der Waals surface area contributed by atoms with Gasteiger partial charge in [-0.3, -0.25) is 4.79 Å². The van der Waals surface area contributed by atoms with Crippen LogP contribution in [0.2, 0.25) is 0 Å². The van der Waals surface area contributed by atoms with Crippen LogP contribution in [0.5, 0.6) is 5.75 Å². The normalized spacial score (nSPS) is 28.1. The maximum Gasteiger partial charge on any atom is 0.335 e. The van der Waals surface area contributed by atoms with Gasteiger partial charge >= 0.3 is 17.9 Å². The second-order valence-corrected chi connectivity index (χ2v) is 8.99. The number of carboxylic acids is 2. The summed E-state index contributed by atoms with van der Waals surface area (Å²) in [7, 11) is 2.29. The number of fused-ring (bicyclic) bond motifs is 1. The number of ether oxygens (including phenoxy) is 1. The number of nitrogens with zero attached hydrogens (tertiary/aromatic N) is 1. The summed E-state index contributed by atoms with van der Waals surface area (Å²) in [6.07, 6.45) is 3.24. The van der Waals surface area contributed by atoms with Crippen LogP contribution in [0.3, 0.4) is 0 Å². The second kappa shape index (κ2) is 9.56. The monoisotopic (exact) mass is 449 g/mol. The minimum Gasteiger partial charge on any atom is -0.479 e. The first-order chi connectivity index (χ1) is 15.1. The fourth-order valence-electron chi connectivity index (χ4n) is 5.68. The molecule has 0 spiro atoms. The van der Waals surface area contributed by atoms with Gasteiger partial charge < -0.3 is 30.1 Å². The molecule has 1 saturated heterocycles. The molecule has 4 N–H and O–H groups in total. The lowest BCUT2D eigenvalue weighted by Gasteiger charge is -2.58. The van der Waals surface area contributed by atoms with Gasteiger partial charge in [-0.1, -0.05) is 18.9 Å². The van der Waals surface area contributed by atoms with Crippen LogP contribution in [0.4, 0.5) is 0 Å². The molecular weight excluding hydrogens is 418 g/mol. The highest BCUT2D eigenvalue weighted by molar-refractivity contribution is 5.83. The Bertz CT molecular complexity index is 869. The van der Waals surface area contributed by atoms with Crippen LogP contribution in [-0.2, 0) is 26.2 Å². The Morgan fingerprint density at radius 1 is 1.09 bits per heavy atom. The van der Waals surface area contributed by atoms with E-state index < -0.39 is 24.1 Å². The third kappa shape index (κ3) is 4.65. The van der Waals surface area contributed by atoms with E-state index in [9.17, 15) is 14.4 Å². The van der Waals surface area contributed by atoms with Crippen molar-refractivity contribution in [1.29, 1.82) is 0 Å². The van der Waals surface area contributed by atoms with Gasteiger partial charge in [-0.25, -0.2) is 9.59 Å². The number of hydrogen-bond donors (Lipinski definition) is 4. The van der Waals surface area contributed by atoms with Gasteiger partial charge in [-0.2, -0.15) is 0 Å². The second-order valence-electron chi connectivity index (χ2n) is 8.99. The number of esters is 1. The van der Waals surface area contributed by atoms with Crippen LogP contribution in [0.25, 0.3) is 0 Å². The van der Waals surface area contributed by atoms with Gasteiger partial charge in [0.15, 0.2) is 12.2 Å². The van der Waals surface area contributed by atoms with E-state index >= 15 is 0 Å². The fourth-order valence-corrected chi connectivity index (χ4v) is 5.68. The zero-order valence-electron chi connectivity index (χ0n) is 18.4. The zero-order valence-corrected chi connectivity index (χ0v) is 18.4. The first-order valence-electron chi connectivity index (χ1n) is 10.9. The van der Waals surface area contributed by atoms with E-state index in [1.807, 2.05) is 6.07 Å². The number of carbonyl (C=O) groups is 3. The van der Waals surface area contributed by atoms with Crippen LogP contribution in [-0.4, -0.2) is 75.1 Å². The van der Waals surface area contributed by atoms with Gasteiger partial charge in [-0.15, -0.1) is 0 Å². The maximum absolute atomic E-state index is 11.3. The molecule has 1 saturated carbocycles. The number of aliphatic carboxylic acids is 2. The molecule has 2 fully saturated rings. The molecule has 3 aliphatic rings. The quantitative estimate of drug-likeness (QED) is 0.393. The fraction of sp³-hybridized carbons (Fsp3) is 0.609. The number of carbonyl (C=O) groups excluding carboxylic acids is 1. The van der Waals surface area contributed by atoms with E-state index in [4.69, 9.17) is 25.2 Å². The van der Waals surface area contributed by atoms with Crippen molar-refractivity contribution < 1.29 is 39.5 Å². The van der Waals surface area contributed by atoms with E-state index in [1.165, 1.54) is 56.7 Å².